The number of para-hydroxylation sites is 1. The molecule has 2 unspecified atom stereocenters. The van der Waals surface area contributed by atoms with Gasteiger partial charge in [0.1, 0.15) is 59.5 Å². The fourth-order valence-corrected chi connectivity index (χ4v) is 9.42. The van der Waals surface area contributed by atoms with Crippen LogP contribution in [0.25, 0.3) is 5.52 Å². The van der Waals surface area contributed by atoms with Gasteiger partial charge in [0.05, 0.1) is 30.1 Å². The molecule has 16 nitrogen and oxygen atoms in total. The topological polar surface area (TPSA) is 193 Å². The summed E-state index contributed by atoms with van der Waals surface area (Å²) in [5.41, 5.74) is 7.50. The lowest BCUT2D eigenvalue weighted by atomic mass is 10.0. The summed E-state index contributed by atoms with van der Waals surface area (Å²) in [5, 5.41) is 13.8. The number of phosphoric acid groups is 1. The smallest absolute Gasteiger partial charge is 0.484 e. The maximum atomic E-state index is 14.7. The van der Waals surface area contributed by atoms with Gasteiger partial charge in [-0.05, 0) is 63.6 Å². The van der Waals surface area contributed by atoms with Crippen LogP contribution in [0.2, 0.25) is 5.02 Å². The van der Waals surface area contributed by atoms with Gasteiger partial charge in [-0.3, -0.25) is 4.52 Å². The highest BCUT2D eigenvalue weighted by Crippen LogP contribution is 2.56. The summed E-state index contributed by atoms with van der Waals surface area (Å²) in [6.45, 7) is 7.58. The van der Waals surface area contributed by atoms with Gasteiger partial charge in [0.25, 0.3) is 0 Å². The summed E-state index contributed by atoms with van der Waals surface area (Å²) >= 11 is 6.45. The summed E-state index contributed by atoms with van der Waals surface area (Å²) in [5.74, 6) is -2.13. The predicted octanol–water partition coefficient (Wildman–Crippen LogP) is 11.4. The first-order chi connectivity index (χ1) is 31.4. The number of nitrogens with two attached hydrogens (primary N) is 1. The van der Waals surface area contributed by atoms with Crippen molar-refractivity contribution < 1.29 is 46.9 Å². The van der Waals surface area contributed by atoms with Crippen molar-refractivity contribution >= 4 is 30.8 Å². The van der Waals surface area contributed by atoms with Gasteiger partial charge >= 0.3 is 7.82 Å². The van der Waals surface area contributed by atoms with Crippen LogP contribution in [0.4, 0.5) is 5.82 Å². The van der Waals surface area contributed by atoms with E-state index in [-0.39, 0.29) is 35.5 Å². The van der Waals surface area contributed by atoms with Gasteiger partial charge in [0.15, 0.2) is 11.6 Å². The molecule has 0 radical (unpaired) electrons. The molecule has 2 aliphatic rings. The molecule has 5 heterocycles. The number of fused-ring (bicyclic) bond motifs is 2. The van der Waals surface area contributed by atoms with Gasteiger partial charge in [0, 0.05) is 6.61 Å². The number of ether oxygens (including phenoxy) is 5. The lowest BCUT2D eigenvalue weighted by molar-refractivity contribution is -0.400. The van der Waals surface area contributed by atoms with E-state index in [9.17, 15) is 9.83 Å². The van der Waals surface area contributed by atoms with Crippen molar-refractivity contribution in [3.63, 3.8) is 0 Å². The van der Waals surface area contributed by atoms with Gasteiger partial charge in [-0.2, -0.15) is 15.2 Å². The van der Waals surface area contributed by atoms with Crippen molar-refractivity contribution in [2.75, 3.05) is 25.6 Å². The highest BCUT2D eigenvalue weighted by atomic mass is 35.5. The third-order valence-electron chi connectivity index (χ3n) is 11.5. The molecule has 0 bridgehead atoms. The van der Waals surface area contributed by atoms with E-state index in [1.54, 1.807) is 61.7 Å². The molecule has 65 heavy (non-hydrogen) atoms. The van der Waals surface area contributed by atoms with E-state index in [0.29, 0.717) is 23.6 Å². The number of halogens is 1. The minimum absolute atomic E-state index is 0.0152. The number of nitrogens with zero attached hydrogens (tertiary/aromatic N) is 5. The lowest BCUT2D eigenvalue weighted by Gasteiger charge is -2.31. The van der Waals surface area contributed by atoms with Crippen molar-refractivity contribution in [2.24, 2.45) is 0 Å². The molecule has 0 amide bonds. The molecule has 6 rings (SSSR count). The Balaban J connectivity index is 1.04. The molecule has 4 aromatic rings. The van der Waals surface area contributed by atoms with Gasteiger partial charge < -0.3 is 33.9 Å². The Labute approximate surface area is 388 Å². The van der Waals surface area contributed by atoms with E-state index in [4.69, 9.17) is 59.6 Å². The average molecular weight is 942 g/mol. The molecule has 0 saturated carbocycles. The highest BCUT2D eigenvalue weighted by molar-refractivity contribution is 7.48. The zero-order valence-electron chi connectivity index (χ0n) is 38.2. The van der Waals surface area contributed by atoms with Crippen LogP contribution in [0.15, 0.2) is 61.1 Å². The molecular formula is C47H66ClN6O10P. The third-order valence-corrected chi connectivity index (χ3v) is 12.9. The quantitative estimate of drug-likeness (QED) is 0.0224. The van der Waals surface area contributed by atoms with Crippen molar-refractivity contribution in [3.8, 4) is 17.6 Å². The maximum Gasteiger partial charge on any atom is 0.558 e. The maximum absolute atomic E-state index is 14.7. The van der Waals surface area contributed by atoms with Crippen LogP contribution in [0, 0.1) is 11.3 Å². The van der Waals surface area contributed by atoms with E-state index in [1.165, 1.54) is 108 Å². The zero-order chi connectivity index (χ0) is 46.1. The normalized spacial score (nSPS) is 21.5. The number of hydrogen-bond donors (Lipinski definition) is 1. The van der Waals surface area contributed by atoms with E-state index in [0.717, 1.165) is 19.3 Å². The first-order valence-corrected chi connectivity index (χ1v) is 25.0. The van der Waals surface area contributed by atoms with E-state index in [2.05, 4.69) is 22.0 Å². The summed E-state index contributed by atoms with van der Waals surface area (Å²) in [4.78, 5) is 14.2. The number of nitriles is 1. The Morgan fingerprint density at radius 1 is 0.862 bits per heavy atom. The van der Waals surface area contributed by atoms with E-state index >= 15 is 0 Å². The molecule has 2 N–H and O–H groups in total. The van der Waals surface area contributed by atoms with Crippen molar-refractivity contribution in [3.05, 3.63) is 77.5 Å². The average Bonchev–Trinajstić information content (AvgIpc) is 3.95. The van der Waals surface area contributed by atoms with Crippen LogP contribution in [0.1, 0.15) is 148 Å². The molecule has 2 saturated heterocycles. The number of unbranched alkanes of at least 4 members (excludes halogenated alkanes) is 15. The monoisotopic (exact) mass is 940 g/mol. The second-order valence-electron chi connectivity index (χ2n) is 17.3. The Kier molecular flexibility index (Phi) is 19.2. The van der Waals surface area contributed by atoms with Gasteiger partial charge in [-0.15, -0.1) is 4.67 Å². The summed E-state index contributed by atoms with van der Waals surface area (Å²) in [7, 11) is -4.73. The van der Waals surface area contributed by atoms with Gasteiger partial charge in [0.2, 0.25) is 5.79 Å². The van der Waals surface area contributed by atoms with Gasteiger partial charge in [-0.25, -0.2) is 19.0 Å². The summed E-state index contributed by atoms with van der Waals surface area (Å²) in [6.07, 6.45) is 20.0. The molecule has 356 valence electrons. The lowest BCUT2D eigenvalue weighted by Crippen LogP contribution is -2.43. The van der Waals surface area contributed by atoms with Crippen LogP contribution in [0.5, 0.6) is 11.5 Å². The number of phosphoric ester groups is 1. The summed E-state index contributed by atoms with van der Waals surface area (Å²) < 4.78 is 65.2. The predicted molar refractivity (Wildman–Crippen MR) is 245 cm³/mol. The van der Waals surface area contributed by atoms with Crippen LogP contribution < -0.4 is 15.0 Å². The molecule has 6 atom stereocenters. The first kappa shape index (κ1) is 50.5. The van der Waals surface area contributed by atoms with Crippen LogP contribution >= 0.6 is 19.4 Å². The molecule has 0 aliphatic carbocycles. The van der Waals surface area contributed by atoms with E-state index < -0.39 is 43.8 Å². The molecule has 0 spiro atoms. The molecule has 3 aromatic heterocycles. The zero-order valence-corrected chi connectivity index (χ0v) is 39.9. The molecule has 18 heteroatoms. The Morgan fingerprint density at radius 2 is 1.54 bits per heavy atom. The van der Waals surface area contributed by atoms with Crippen molar-refractivity contribution in [2.45, 2.75) is 166 Å². The van der Waals surface area contributed by atoms with E-state index in [1.807, 2.05) is 6.07 Å². The molecule has 1 aromatic carbocycles. The number of nitrogen functional groups attached to an aromatic ring is 1. The Bertz CT molecular complexity index is 2160. The minimum atomic E-state index is -4.73. The minimum Gasteiger partial charge on any atom is -0.484 e. The Morgan fingerprint density at radius 3 is 2.18 bits per heavy atom. The van der Waals surface area contributed by atoms with Crippen LogP contribution in [-0.2, 0) is 37.6 Å². The third kappa shape index (κ3) is 14.8. The number of pyridine rings is 1. The SMILES string of the molecule is CCCCCCCCCCCCCCCCCCOCC(COP(=O)(OO[C@@]1(C)O[C@@H](c2ccc3c(N)ncnn23)[C@@H]2OC(C)(C)O[C@@H]21)Oc1ccccc1Cl)Oc1ccc(C#N)nc1. The number of rotatable bonds is 30. The van der Waals surface area contributed by atoms with Gasteiger partial charge in [-0.1, -0.05) is 127 Å². The number of benzene rings is 1. The molecule has 2 aliphatic heterocycles. The Hall–Kier alpha value is -3.88. The fourth-order valence-electron chi connectivity index (χ4n) is 8.07. The number of aromatic nitrogens is 4. The largest absolute Gasteiger partial charge is 0.558 e. The highest BCUT2D eigenvalue weighted by Gasteiger charge is 2.64. The second-order valence-corrected chi connectivity index (χ2v) is 19.2. The fraction of sp³-hybridized carbons (Fsp3) is 0.617. The standard InChI is InChI=1S/C47H66ClN6O10P/c1-5-6-7-8-9-10-11-12-13-14-15-16-17-18-19-22-29-56-32-37(58-36-26-25-35(30-49)51-31-36)33-57-65(55,62-41-24-21-20-23-38(41)48)64-63-47(4)44-43(59-46(2,3)61-44)42(60-47)39-27-28-40-45(50)52-34-53-54(39)40/h20-21,23-28,31,34,37,42-44H,5-19,22,29,32-33H2,1-4H3,(H2,50,52,53)/t37?,42-,43-,44-,47+,65?/m0/s1. The molecular weight excluding hydrogens is 875 g/mol. The van der Waals surface area contributed by atoms with Crippen molar-refractivity contribution in [1.82, 2.24) is 19.6 Å². The summed E-state index contributed by atoms with van der Waals surface area (Å²) in [6, 6.07) is 15.1. The molecule has 2 fully saturated rings. The van der Waals surface area contributed by atoms with Crippen LogP contribution in [0.3, 0.4) is 0 Å². The van der Waals surface area contributed by atoms with Crippen LogP contribution in [-0.4, -0.2) is 69.3 Å². The second kappa shape index (κ2) is 24.8. The first-order valence-electron chi connectivity index (χ1n) is 23.2. The van der Waals surface area contributed by atoms with Crippen molar-refractivity contribution in [1.29, 1.82) is 5.26 Å². The number of hydrogen-bond acceptors (Lipinski definition) is 15. The number of anilines is 1.